The van der Waals surface area contributed by atoms with Gasteiger partial charge < -0.3 is 4.74 Å². The van der Waals surface area contributed by atoms with Gasteiger partial charge >= 0.3 is 0 Å². The van der Waals surface area contributed by atoms with E-state index in [-0.39, 0.29) is 0 Å². The van der Waals surface area contributed by atoms with Gasteiger partial charge in [0.15, 0.2) is 0 Å². The number of hydrogen-bond donors (Lipinski definition) is 0. The van der Waals surface area contributed by atoms with Gasteiger partial charge in [0.25, 0.3) is 0 Å². The lowest BCUT2D eigenvalue weighted by Crippen LogP contribution is -1.98. The van der Waals surface area contributed by atoms with Crippen LogP contribution in [0.3, 0.4) is 0 Å². The monoisotopic (exact) mass is 273 g/mol. The second-order valence-corrected chi connectivity index (χ2v) is 4.23. The van der Waals surface area contributed by atoms with E-state index in [1.807, 2.05) is 6.92 Å². The summed E-state index contributed by atoms with van der Waals surface area (Å²) in [5, 5.41) is 9.43. The van der Waals surface area contributed by atoms with Crippen LogP contribution in [0, 0.1) is 11.3 Å². The molecule has 0 spiro atoms. The Bertz CT molecular complexity index is 650. The zero-order valence-corrected chi connectivity index (χ0v) is 11.4. The number of nitriles is 1. The number of methoxy groups -OCH3 is 1. The molecule has 96 valence electrons. The Hall–Kier alpha value is -2.12. The summed E-state index contributed by atoms with van der Waals surface area (Å²) in [6, 6.07) is 7.31. The second kappa shape index (κ2) is 5.68. The Morgan fingerprint density at radius 1 is 1.37 bits per heavy atom. The van der Waals surface area contributed by atoms with Crippen molar-refractivity contribution < 1.29 is 4.74 Å². The molecule has 2 aromatic rings. The van der Waals surface area contributed by atoms with E-state index in [1.54, 1.807) is 25.3 Å². The molecule has 0 saturated heterocycles. The van der Waals surface area contributed by atoms with Crippen molar-refractivity contribution in [2.24, 2.45) is 0 Å². The number of benzene rings is 1. The van der Waals surface area contributed by atoms with Gasteiger partial charge in [-0.2, -0.15) is 5.26 Å². The van der Waals surface area contributed by atoms with Crippen molar-refractivity contribution >= 4 is 11.6 Å². The predicted octanol–water partition coefficient (Wildman–Crippen LogP) is 3.24. The van der Waals surface area contributed by atoms with Crippen molar-refractivity contribution in [1.29, 1.82) is 5.26 Å². The standard InChI is InChI=1S/C14H12ClN3O/c1-3-10-13(17-8-18-14(10)15)11-6-9(7-16)4-5-12(11)19-2/h4-6,8H,3H2,1-2H3. The first-order chi connectivity index (χ1) is 9.21. The van der Waals surface area contributed by atoms with Crippen LogP contribution >= 0.6 is 11.6 Å². The first kappa shape index (κ1) is 13.3. The molecule has 1 heterocycles. The molecule has 0 saturated carbocycles. The molecule has 0 atom stereocenters. The van der Waals surface area contributed by atoms with Crippen LogP contribution in [0.25, 0.3) is 11.3 Å². The van der Waals surface area contributed by atoms with E-state index in [1.165, 1.54) is 6.33 Å². The highest BCUT2D eigenvalue weighted by Gasteiger charge is 2.15. The van der Waals surface area contributed by atoms with Crippen molar-refractivity contribution in [3.63, 3.8) is 0 Å². The number of rotatable bonds is 3. The molecule has 0 aliphatic rings. The van der Waals surface area contributed by atoms with Gasteiger partial charge in [-0.05, 0) is 24.6 Å². The third kappa shape index (κ3) is 2.51. The van der Waals surface area contributed by atoms with Gasteiger partial charge in [-0.25, -0.2) is 9.97 Å². The minimum absolute atomic E-state index is 0.428. The second-order valence-electron chi connectivity index (χ2n) is 3.87. The molecule has 0 radical (unpaired) electrons. The average Bonchev–Trinajstić information content (AvgIpc) is 2.46. The zero-order valence-electron chi connectivity index (χ0n) is 10.6. The van der Waals surface area contributed by atoms with Gasteiger partial charge in [0.1, 0.15) is 17.2 Å². The van der Waals surface area contributed by atoms with E-state index in [9.17, 15) is 0 Å². The van der Waals surface area contributed by atoms with Crippen molar-refractivity contribution in [1.82, 2.24) is 9.97 Å². The maximum atomic E-state index is 9.00. The zero-order chi connectivity index (χ0) is 13.8. The fraction of sp³-hybridized carbons (Fsp3) is 0.214. The van der Waals surface area contributed by atoms with Gasteiger partial charge in [-0.1, -0.05) is 18.5 Å². The lowest BCUT2D eigenvalue weighted by molar-refractivity contribution is 0.416. The lowest BCUT2D eigenvalue weighted by Gasteiger charge is -2.12. The lowest BCUT2D eigenvalue weighted by atomic mass is 10.0. The summed E-state index contributed by atoms with van der Waals surface area (Å²) < 4.78 is 5.33. The van der Waals surface area contributed by atoms with Crippen LogP contribution in [-0.2, 0) is 6.42 Å². The molecule has 0 aliphatic carbocycles. The summed E-state index contributed by atoms with van der Waals surface area (Å²) in [6.07, 6.45) is 2.12. The summed E-state index contributed by atoms with van der Waals surface area (Å²) in [5.74, 6) is 0.656. The number of hydrogen-bond acceptors (Lipinski definition) is 4. The summed E-state index contributed by atoms with van der Waals surface area (Å²) in [6.45, 7) is 1.98. The van der Waals surface area contributed by atoms with Crippen molar-refractivity contribution in [3.8, 4) is 23.1 Å². The molecular weight excluding hydrogens is 262 g/mol. The first-order valence-electron chi connectivity index (χ1n) is 5.79. The minimum atomic E-state index is 0.428. The van der Waals surface area contributed by atoms with Crippen LogP contribution in [0.5, 0.6) is 5.75 Å². The van der Waals surface area contributed by atoms with E-state index in [0.29, 0.717) is 28.6 Å². The van der Waals surface area contributed by atoms with E-state index < -0.39 is 0 Å². The van der Waals surface area contributed by atoms with Crippen LogP contribution in [-0.4, -0.2) is 17.1 Å². The van der Waals surface area contributed by atoms with Gasteiger partial charge in [-0.3, -0.25) is 0 Å². The number of halogens is 1. The van der Waals surface area contributed by atoms with E-state index in [4.69, 9.17) is 21.6 Å². The van der Waals surface area contributed by atoms with E-state index in [0.717, 1.165) is 11.1 Å². The van der Waals surface area contributed by atoms with Gasteiger partial charge in [0.2, 0.25) is 0 Å². The molecule has 0 N–H and O–H groups in total. The molecule has 1 aromatic heterocycles. The van der Waals surface area contributed by atoms with E-state index >= 15 is 0 Å². The number of aromatic nitrogens is 2. The summed E-state index contributed by atoms with van der Waals surface area (Å²) >= 11 is 6.09. The Balaban J connectivity index is 2.71. The highest BCUT2D eigenvalue weighted by Crippen LogP contribution is 2.33. The first-order valence-corrected chi connectivity index (χ1v) is 6.17. The van der Waals surface area contributed by atoms with Crippen LogP contribution in [0.1, 0.15) is 18.1 Å². The quantitative estimate of drug-likeness (QED) is 0.806. The average molecular weight is 274 g/mol. The SMILES string of the molecule is CCc1c(Cl)ncnc1-c1cc(C#N)ccc1OC. The fourth-order valence-electron chi connectivity index (χ4n) is 1.90. The molecule has 1 aromatic carbocycles. The van der Waals surface area contributed by atoms with Gasteiger partial charge in [-0.15, -0.1) is 0 Å². The molecule has 4 nitrogen and oxygen atoms in total. The molecule has 0 unspecified atom stereocenters. The molecular formula is C14H12ClN3O. The van der Waals surface area contributed by atoms with Crippen molar-refractivity contribution in [2.75, 3.05) is 7.11 Å². The van der Waals surface area contributed by atoms with Crippen molar-refractivity contribution in [3.05, 3.63) is 40.8 Å². The number of ether oxygens (including phenoxy) is 1. The highest BCUT2D eigenvalue weighted by atomic mass is 35.5. The largest absolute Gasteiger partial charge is 0.496 e. The normalized spacial score (nSPS) is 10.0. The van der Waals surface area contributed by atoms with Crippen LogP contribution in [0.4, 0.5) is 0 Å². The van der Waals surface area contributed by atoms with Gasteiger partial charge in [0, 0.05) is 11.1 Å². The third-order valence-electron chi connectivity index (χ3n) is 2.83. The summed E-state index contributed by atoms with van der Waals surface area (Å²) in [7, 11) is 1.58. The Morgan fingerprint density at radius 2 is 2.16 bits per heavy atom. The maximum Gasteiger partial charge on any atom is 0.136 e. The smallest absolute Gasteiger partial charge is 0.136 e. The summed E-state index contributed by atoms with van der Waals surface area (Å²) in [5.41, 5.74) is 2.85. The molecule has 0 bridgehead atoms. The molecule has 5 heteroatoms. The minimum Gasteiger partial charge on any atom is -0.496 e. The van der Waals surface area contributed by atoms with Crippen molar-refractivity contribution in [2.45, 2.75) is 13.3 Å². The fourth-order valence-corrected chi connectivity index (χ4v) is 2.17. The molecule has 2 rings (SSSR count). The summed E-state index contributed by atoms with van der Waals surface area (Å²) in [4.78, 5) is 8.26. The van der Waals surface area contributed by atoms with E-state index in [2.05, 4.69) is 16.0 Å². The van der Waals surface area contributed by atoms with Crippen LogP contribution < -0.4 is 4.74 Å². The maximum absolute atomic E-state index is 9.00. The Morgan fingerprint density at radius 3 is 2.79 bits per heavy atom. The molecule has 0 aliphatic heterocycles. The van der Waals surface area contributed by atoms with Crippen LogP contribution in [0.15, 0.2) is 24.5 Å². The Labute approximate surface area is 116 Å². The Kier molecular flexibility index (Phi) is 3.98. The molecule has 0 amide bonds. The topological polar surface area (TPSA) is 58.8 Å². The number of nitrogens with zero attached hydrogens (tertiary/aromatic N) is 3. The molecule has 0 fully saturated rings. The molecule has 19 heavy (non-hydrogen) atoms. The third-order valence-corrected chi connectivity index (χ3v) is 3.16. The highest BCUT2D eigenvalue weighted by molar-refractivity contribution is 6.30. The van der Waals surface area contributed by atoms with Gasteiger partial charge in [0.05, 0.1) is 24.4 Å². The predicted molar refractivity (Wildman–Crippen MR) is 73.1 cm³/mol. The van der Waals surface area contributed by atoms with Crippen LogP contribution in [0.2, 0.25) is 5.15 Å².